The van der Waals surface area contributed by atoms with Crippen molar-refractivity contribution in [2.75, 3.05) is 11.5 Å². The minimum Gasteiger partial charge on any atom is -0.399 e. The molecule has 4 heteroatoms. The summed E-state index contributed by atoms with van der Waals surface area (Å²) >= 11 is 7.35. The van der Waals surface area contributed by atoms with E-state index in [1.54, 1.807) is 6.07 Å². The van der Waals surface area contributed by atoms with Crippen molar-refractivity contribution in [3.63, 3.8) is 0 Å². The van der Waals surface area contributed by atoms with Crippen LogP contribution in [0.5, 0.6) is 0 Å². The lowest BCUT2D eigenvalue weighted by molar-refractivity contribution is 1.66. The third-order valence-electron chi connectivity index (χ3n) is 1.91. The van der Waals surface area contributed by atoms with Gasteiger partial charge in [-0.3, -0.25) is 0 Å². The zero-order chi connectivity index (χ0) is 10.1. The Balaban J connectivity index is 2.52. The zero-order valence-corrected chi connectivity index (χ0v) is 8.90. The monoisotopic (exact) mass is 224 g/mol. The summed E-state index contributed by atoms with van der Waals surface area (Å²) in [5, 5.41) is 0. The Kier molecular flexibility index (Phi) is 2.35. The topological polar surface area (TPSA) is 52.0 Å². The third kappa shape index (κ3) is 1.69. The largest absolute Gasteiger partial charge is 0.399 e. The number of hydrogen-bond donors (Lipinski definition) is 2. The van der Waals surface area contributed by atoms with Gasteiger partial charge in [-0.25, -0.2) is 0 Å². The summed E-state index contributed by atoms with van der Waals surface area (Å²) in [6, 6.07) is 9.31. The van der Waals surface area contributed by atoms with Gasteiger partial charge in [0, 0.05) is 21.8 Å². The van der Waals surface area contributed by atoms with Crippen LogP contribution < -0.4 is 11.5 Å². The molecule has 14 heavy (non-hydrogen) atoms. The molecule has 2 aromatic rings. The first-order valence-electron chi connectivity index (χ1n) is 4.07. The maximum absolute atomic E-state index is 5.85. The summed E-state index contributed by atoms with van der Waals surface area (Å²) in [5.41, 5.74) is 13.8. The summed E-state index contributed by atoms with van der Waals surface area (Å²) in [4.78, 5) is 1.06. The van der Waals surface area contributed by atoms with Gasteiger partial charge in [-0.2, -0.15) is 0 Å². The van der Waals surface area contributed by atoms with Gasteiger partial charge in [0.25, 0.3) is 0 Å². The predicted octanol–water partition coefficient (Wildman–Crippen LogP) is 3.23. The van der Waals surface area contributed by atoms with Crippen LogP contribution in [0, 0.1) is 0 Å². The van der Waals surface area contributed by atoms with Gasteiger partial charge in [-0.05, 0) is 30.3 Å². The fourth-order valence-corrected chi connectivity index (χ4v) is 2.36. The van der Waals surface area contributed by atoms with Gasteiger partial charge in [0.1, 0.15) is 0 Å². The summed E-state index contributed by atoms with van der Waals surface area (Å²) in [6.07, 6.45) is 0. The molecule has 1 aromatic heterocycles. The van der Waals surface area contributed by atoms with Crippen LogP contribution in [0.1, 0.15) is 0 Å². The lowest BCUT2D eigenvalue weighted by Crippen LogP contribution is -1.91. The first-order valence-corrected chi connectivity index (χ1v) is 5.27. The average molecular weight is 225 g/mol. The van der Waals surface area contributed by atoms with Gasteiger partial charge in [-0.15, -0.1) is 11.3 Å². The molecule has 0 aliphatic heterocycles. The van der Waals surface area contributed by atoms with Crippen molar-refractivity contribution in [2.45, 2.75) is 0 Å². The molecule has 0 aliphatic carbocycles. The van der Waals surface area contributed by atoms with Crippen LogP contribution in [0.4, 0.5) is 11.4 Å². The lowest BCUT2D eigenvalue weighted by Gasteiger charge is -2.03. The van der Waals surface area contributed by atoms with Crippen LogP contribution in [0.3, 0.4) is 0 Å². The van der Waals surface area contributed by atoms with E-state index in [-0.39, 0.29) is 0 Å². The first kappa shape index (κ1) is 9.37. The quantitative estimate of drug-likeness (QED) is 0.731. The molecule has 0 unspecified atom stereocenters. The molecule has 1 heterocycles. The Morgan fingerprint density at radius 1 is 1.07 bits per heavy atom. The molecule has 0 saturated carbocycles. The highest BCUT2D eigenvalue weighted by atomic mass is 35.5. The van der Waals surface area contributed by atoms with Gasteiger partial charge in [-0.1, -0.05) is 11.6 Å². The van der Waals surface area contributed by atoms with Crippen molar-refractivity contribution in [1.29, 1.82) is 0 Å². The normalized spacial score (nSPS) is 10.4. The van der Waals surface area contributed by atoms with Crippen molar-refractivity contribution < 1.29 is 0 Å². The van der Waals surface area contributed by atoms with E-state index >= 15 is 0 Å². The Hall–Kier alpha value is -1.19. The highest BCUT2D eigenvalue weighted by Crippen LogP contribution is 2.34. The highest BCUT2D eigenvalue weighted by molar-refractivity contribution is 7.19. The number of halogens is 1. The van der Waals surface area contributed by atoms with Crippen molar-refractivity contribution in [1.82, 2.24) is 0 Å². The van der Waals surface area contributed by atoms with Crippen LogP contribution in [0.2, 0.25) is 4.34 Å². The van der Waals surface area contributed by atoms with E-state index in [4.69, 9.17) is 23.1 Å². The van der Waals surface area contributed by atoms with Gasteiger partial charge in [0.2, 0.25) is 0 Å². The Bertz CT molecular complexity index is 465. The molecule has 2 nitrogen and oxygen atoms in total. The van der Waals surface area contributed by atoms with Gasteiger partial charge < -0.3 is 11.5 Å². The van der Waals surface area contributed by atoms with Crippen LogP contribution in [0.15, 0.2) is 30.3 Å². The summed E-state index contributed by atoms with van der Waals surface area (Å²) < 4.78 is 0.760. The molecule has 0 fully saturated rings. The molecule has 72 valence electrons. The second-order valence-corrected chi connectivity index (χ2v) is 4.67. The Morgan fingerprint density at radius 2 is 1.86 bits per heavy atom. The maximum atomic E-state index is 5.85. The molecule has 0 amide bonds. The molecule has 2 rings (SSSR count). The molecule has 0 spiro atoms. The fraction of sp³-hybridized carbons (Fsp3) is 0. The van der Waals surface area contributed by atoms with E-state index in [0.29, 0.717) is 11.4 Å². The number of hydrogen-bond acceptors (Lipinski definition) is 3. The molecule has 4 N–H and O–H groups in total. The van der Waals surface area contributed by atoms with E-state index in [2.05, 4.69) is 0 Å². The summed E-state index contributed by atoms with van der Waals surface area (Å²) in [5.74, 6) is 0. The van der Waals surface area contributed by atoms with Gasteiger partial charge in [0.05, 0.1) is 4.34 Å². The number of nitrogens with two attached hydrogens (primary N) is 2. The summed E-state index contributed by atoms with van der Waals surface area (Å²) in [6.45, 7) is 0. The van der Waals surface area contributed by atoms with Crippen LogP contribution in [-0.4, -0.2) is 0 Å². The van der Waals surface area contributed by atoms with Crippen LogP contribution in [0.25, 0.3) is 10.4 Å². The molecular formula is C10H9ClN2S. The molecule has 0 bridgehead atoms. The van der Waals surface area contributed by atoms with E-state index < -0.39 is 0 Å². The van der Waals surface area contributed by atoms with E-state index in [9.17, 15) is 0 Å². The van der Waals surface area contributed by atoms with Crippen molar-refractivity contribution in [3.8, 4) is 10.4 Å². The van der Waals surface area contributed by atoms with E-state index in [0.717, 1.165) is 14.8 Å². The van der Waals surface area contributed by atoms with E-state index in [1.807, 2.05) is 24.3 Å². The number of nitrogen functional groups attached to an aromatic ring is 2. The number of benzene rings is 1. The average Bonchev–Trinajstić information content (AvgIpc) is 2.51. The van der Waals surface area contributed by atoms with Gasteiger partial charge in [0.15, 0.2) is 0 Å². The zero-order valence-electron chi connectivity index (χ0n) is 7.33. The second-order valence-electron chi connectivity index (χ2n) is 2.95. The number of thiophene rings is 1. The smallest absolute Gasteiger partial charge is 0.0934 e. The minimum atomic E-state index is 0.675. The van der Waals surface area contributed by atoms with Crippen LogP contribution >= 0.6 is 22.9 Å². The third-order valence-corrected chi connectivity index (χ3v) is 3.18. The van der Waals surface area contributed by atoms with E-state index in [1.165, 1.54) is 11.3 Å². The molecule has 0 radical (unpaired) electrons. The second kappa shape index (κ2) is 3.52. The predicted molar refractivity (Wildman–Crippen MR) is 63.6 cm³/mol. The molecule has 1 aromatic carbocycles. The SMILES string of the molecule is Nc1ccc(-c2ccc(Cl)s2)c(N)c1. The summed E-state index contributed by atoms with van der Waals surface area (Å²) in [7, 11) is 0. The highest BCUT2D eigenvalue weighted by Gasteiger charge is 2.05. The lowest BCUT2D eigenvalue weighted by atomic mass is 10.1. The minimum absolute atomic E-state index is 0.675. The Morgan fingerprint density at radius 3 is 2.43 bits per heavy atom. The Labute approximate surface area is 91.1 Å². The number of anilines is 2. The van der Waals surface area contributed by atoms with Gasteiger partial charge >= 0.3 is 0 Å². The van der Waals surface area contributed by atoms with Crippen molar-refractivity contribution in [3.05, 3.63) is 34.7 Å². The van der Waals surface area contributed by atoms with Crippen molar-refractivity contribution >= 4 is 34.3 Å². The van der Waals surface area contributed by atoms with Crippen LogP contribution in [-0.2, 0) is 0 Å². The fourth-order valence-electron chi connectivity index (χ4n) is 1.26. The molecule has 0 aliphatic rings. The molecule has 0 saturated heterocycles. The standard InChI is InChI=1S/C10H9ClN2S/c11-10-4-3-9(14-10)7-2-1-6(12)5-8(7)13/h1-5H,12-13H2. The first-order chi connectivity index (χ1) is 6.66. The maximum Gasteiger partial charge on any atom is 0.0934 e. The molecular weight excluding hydrogens is 216 g/mol. The van der Waals surface area contributed by atoms with Crippen molar-refractivity contribution in [2.24, 2.45) is 0 Å². The molecule has 0 atom stereocenters. The number of rotatable bonds is 1.